The van der Waals surface area contributed by atoms with Crippen molar-refractivity contribution in [3.8, 4) is 0 Å². The molecule has 2 heterocycles. The Kier molecular flexibility index (Phi) is 3.91. The number of benzene rings is 1. The summed E-state index contributed by atoms with van der Waals surface area (Å²) in [4.78, 5) is 19.9. The Morgan fingerprint density at radius 1 is 1.52 bits per heavy atom. The maximum Gasteiger partial charge on any atom is 0.255 e. The monoisotopic (exact) mass is 305 g/mol. The van der Waals surface area contributed by atoms with Crippen molar-refractivity contribution in [3.05, 3.63) is 35.0 Å². The topological polar surface area (TPSA) is 39.3 Å². The molecule has 2 aromatic rings. The van der Waals surface area contributed by atoms with Crippen LogP contribution >= 0.6 is 11.6 Å². The van der Waals surface area contributed by atoms with Gasteiger partial charge in [0.05, 0.1) is 5.56 Å². The van der Waals surface area contributed by atoms with Crippen molar-refractivity contribution < 1.29 is 4.79 Å². The van der Waals surface area contributed by atoms with E-state index in [1.165, 1.54) is 0 Å². The molecular formula is C16H20ClN3O. The SMILES string of the molecule is CN1CCC(CN(C)C(=O)c2c[nH]c3cc(Cl)ccc23)C1. The van der Waals surface area contributed by atoms with Crippen LogP contribution in [0.1, 0.15) is 16.8 Å². The van der Waals surface area contributed by atoms with Gasteiger partial charge in [-0.25, -0.2) is 0 Å². The highest BCUT2D eigenvalue weighted by atomic mass is 35.5. The summed E-state index contributed by atoms with van der Waals surface area (Å²) in [7, 11) is 4.01. The van der Waals surface area contributed by atoms with Crippen LogP contribution in [0.15, 0.2) is 24.4 Å². The number of H-pyrrole nitrogens is 1. The number of hydrogen-bond donors (Lipinski definition) is 1. The van der Waals surface area contributed by atoms with Crippen LogP contribution in [0, 0.1) is 5.92 Å². The maximum absolute atomic E-state index is 12.6. The third-order valence-electron chi connectivity index (χ3n) is 4.24. The fourth-order valence-electron chi connectivity index (χ4n) is 3.13. The van der Waals surface area contributed by atoms with Crippen molar-refractivity contribution in [1.82, 2.24) is 14.8 Å². The van der Waals surface area contributed by atoms with E-state index < -0.39 is 0 Å². The molecule has 0 aliphatic carbocycles. The van der Waals surface area contributed by atoms with Crippen molar-refractivity contribution in [1.29, 1.82) is 0 Å². The molecule has 1 saturated heterocycles. The lowest BCUT2D eigenvalue weighted by atomic mass is 10.1. The van der Waals surface area contributed by atoms with Gasteiger partial charge in [0.15, 0.2) is 0 Å². The number of nitrogens with zero attached hydrogens (tertiary/aromatic N) is 2. The highest BCUT2D eigenvalue weighted by molar-refractivity contribution is 6.31. The molecule has 0 spiro atoms. The van der Waals surface area contributed by atoms with E-state index in [0.29, 0.717) is 10.9 Å². The minimum absolute atomic E-state index is 0.0677. The van der Waals surface area contributed by atoms with Crippen LogP contribution in [0.2, 0.25) is 5.02 Å². The lowest BCUT2D eigenvalue weighted by molar-refractivity contribution is 0.0776. The quantitative estimate of drug-likeness (QED) is 0.947. The van der Waals surface area contributed by atoms with Crippen molar-refractivity contribution in [2.45, 2.75) is 6.42 Å². The van der Waals surface area contributed by atoms with Gasteiger partial charge in [0, 0.05) is 42.3 Å². The summed E-state index contributed by atoms with van der Waals surface area (Å²) < 4.78 is 0. The second-order valence-electron chi connectivity index (χ2n) is 5.99. The molecule has 1 atom stereocenters. The highest BCUT2D eigenvalue weighted by Gasteiger charge is 2.24. The molecule has 1 fully saturated rings. The van der Waals surface area contributed by atoms with Crippen LogP contribution in [0.25, 0.3) is 10.9 Å². The lowest BCUT2D eigenvalue weighted by Gasteiger charge is -2.21. The first-order valence-electron chi connectivity index (χ1n) is 7.25. The maximum atomic E-state index is 12.6. The molecule has 1 aliphatic rings. The van der Waals surface area contributed by atoms with E-state index in [-0.39, 0.29) is 5.91 Å². The number of nitrogens with one attached hydrogen (secondary N) is 1. The Morgan fingerprint density at radius 3 is 3.05 bits per heavy atom. The molecule has 0 saturated carbocycles. The fraction of sp³-hybridized carbons (Fsp3) is 0.438. The summed E-state index contributed by atoms with van der Waals surface area (Å²) >= 11 is 5.98. The number of carbonyl (C=O) groups is 1. The van der Waals surface area contributed by atoms with Crippen molar-refractivity contribution in [2.24, 2.45) is 5.92 Å². The fourth-order valence-corrected chi connectivity index (χ4v) is 3.30. The van der Waals surface area contributed by atoms with Gasteiger partial charge in [0.2, 0.25) is 0 Å². The molecule has 1 aromatic carbocycles. The molecule has 1 aromatic heterocycles. The first kappa shape index (κ1) is 14.4. The summed E-state index contributed by atoms with van der Waals surface area (Å²) in [5, 5.41) is 1.60. The molecule has 3 rings (SSSR count). The van der Waals surface area contributed by atoms with Crippen LogP contribution in [0.5, 0.6) is 0 Å². The number of aromatic nitrogens is 1. The smallest absolute Gasteiger partial charge is 0.255 e. The Bertz CT molecular complexity index is 667. The predicted octanol–water partition coefficient (Wildman–Crippen LogP) is 2.85. The summed E-state index contributed by atoms with van der Waals surface area (Å²) in [5.41, 5.74) is 1.62. The zero-order valence-corrected chi connectivity index (χ0v) is 13.2. The average Bonchev–Trinajstić information content (AvgIpc) is 3.03. The van der Waals surface area contributed by atoms with E-state index in [9.17, 15) is 4.79 Å². The molecule has 1 aliphatic heterocycles. The Morgan fingerprint density at radius 2 is 2.33 bits per heavy atom. The molecule has 0 bridgehead atoms. The molecular weight excluding hydrogens is 286 g/mol. The molecule has 4 nitrogen and oxygen atoms in total. The lowest BCUT2D eigenvalue weighted by Crippen LogP contribution is -2.32. The summed E-state index contributed by atoms with van der Waals surface area (Å²) in [6.45, 7) is 3.00. The third kappa shape index (κ3) is 2.92. The normalized spacial score (nSPS) is 19.3. The van der Waals surface area contributed by atoms with E-state index in [1.807, 2.05) is 30.1 Å². The van der Waals surface area contributed by atoms with Gasteiger partial charge >= 0.3 is 0 Å². The van der Waals surface area contributed by atoms with Crippen molar-refractivity contribution >= 4 is 28.4 Å². The van der Waals surface area contributed by atoms with Gasteiger partial charge in [-0.2, -0.15) is 0 Å². The number of carbonyl (C=O) groups excluding carboxylic acids is 1. The van der Waals surface area contributed by atoms with E-state index in [1.54, 1.807) is 6.20 Å². The van der Waals surface area contributed by atoms with Gasteiger partial charge in [0.25, 0.3) is 5.91 Å². The number of aromatic amines is 1. The molecule has 21 heavy (non-hydrogen) atoms. The molecule has 1 N–H and O–H groups in total. The van der Waals surface area contributed by atoms with Gasteiger partial charge < -0.3 is 14.8 Å². The minimum Gasteiger partial charge on any atom is -0.360 e. The van der Waals surface area contributed by atoms with E-state index in [2.05, 4.69) is 16.9 Å². The number of hydrogen-bond acceptors (Lipinski definition) is 2. The van der Waals surface area contributed by atoms with Crippen LogP contribution in [-0.2, 0) is 0 Å². The second kappa shape index (κ2) is 5.70. The van der Waals surface area contributed by atoms with E-state index >= 15 is 0 Å². The largest absolute Gasteiger partial charge is 0.360 e. The first-order chi connectivity index (χ1) is 10.0. The van der Waals surface area contributed by atoms with Crippen LogP contribution in [0.3, 0.4) is 0 Å². The molecule has 1 unspecified atom stereocenters. The summed E-state index contributed by atoms with van der Waals surface area (Å²) in [5.74, 6) is 0.640. The van der Waals surface area contributed by atoms with Crippen molar-refractivity contribution in [3.63, 3.8) is 0 Å². The predicted molar refractivity (Wildman–Crippen MR) is 85.9 cm³/mol. The second-order valence-corrected chi connectivity index (χ2v) is 6.43. The summed E-state index contributed by atoms with van der Waals surface area (Å²) in [6, 6.07) is 5.57. The molecule has 112 valence electrons. The Labute approximate surface area is 129 Å². The van der Waals surface area contributed by atoms with Gasteiger partial charge in [-0.3, -0.25) is 4.79 Å². The molecule has 0 radical (unpaired) electrons. The number of rotatable bonds is 3. The standard InChI is InChI=1S/C16H20ClN3O/c1-19-6-5-11(9-19)10-20(2)16(21)14-8-18-15-7-12(17)3-4-13(14)15/h3-4,7-8,11,18H,5-6,9-10H2,1-2H3. The number of fused-ring (bicyclic) bond motifs is 1. The first-order valence-corrected chi connectivity index (χ1v) is 7.63. The molecule has 1 amide bonds. The number of halogens is 1. The molecule has 5 heteroatoms. The zero-order chi connectivity index (χ0) is 15.0. The highest BCUT2D eigenvalue weighted by Crippen LogP contribution is 2.23. The van der Waals surface area contributed by atoms with Gasteiger partial charge in [-0.05, 0) is 38.1 Å². The van der Waals surface area contributed by atoms with Crippen LogP contribution < -0.4 is 0 Å². The average molecular weight is 306 g/mol. The summed E-state index contributed by atoms with van der Waals surface area (Å²) in [6.07, 6.45) is 2.94. The van der Waals surface area contributed by atoms with E-state index in [4.69, 9.17) is 11.6 Å². The Balaban J connectivity index is 1.76. The Hall–Kier alpha value is -1.52. The van der Waals surface area contributed by atoms with Crippen molar-refractivity contribution in [2.75, 3.05) is 33.7 Å². The third-order valence-corrected chi connectivity index (χ3v) is 4.48. The number of likely N-dealkylation sites (tertiary alicyclic amines) is 1. The van der Waals surface area contributed by atoms with E-state index in [0.717, 1.165) is 42.5 Å². The number of amides is 1. The van der Waals surface area contributed by atoms with Gasteiger partial charge in [-0.15, -0.1) is 0 Å². The minimum atomic E-state index is 0.0677. The van der Waals surface area contributed by atoms with Crippen LogP contribution in [-0.4, -0.2) is 54.4 Å². The zero-order valence-electron chi connectivity index (χ0n) is 12.4. The van der Waals surface area contributed by atoms with Crippen LogP contribution in [0.4, 0.5) is 0 Å². The van der Waals surface area contributed by atoms with Gasteiger partial charge in [0.1, 0.15) is 0 Å². The van der Waals surface area contributed by atoms with Gasteiger partial charge in [-0.1, -0.05) is 17.7 Å².